The Labute approximate surface area is 151 Å². The van der Waals surface area contributed by atoms with Crippen LogP contribution in [0.5, 0.6) is 5.75 Å². The Morgan fingerprint density at radius 1 is 1.15 bits per heavy atom. The SMILES string of the molecule is CCOC(=O)[C@@H](C)C[C@@H](C(=O)OCC)n1c(C)cc(O)c(C(C)=O)c1=O. The van der Waals surface area contributed by atoms with Gasteiger partial charge in [-0.25, -0.2) is 4.79 Å². The largest absolute Gasteiger partial charge is 0.507 e. The molecule has 0 aliphatic carbocycles. The lowest BCUT2D eigenvalue weighted by atomic mass is 10.0. The summed E-state index contributed by atoms with van der Waals surface area (Å²) < 4.78 is 11.1. The van der Waals surface area contributed by atoms with Gasteiger partial charge in [-0.1, -0.05) is 6.92 Å². The first-order valence-electron chi connectivity index (χ1n) is 8.44. The zero-order valence-corrected chi connectivity index (χ0v) is 15.7. The molecule has 8 heteroatoms. The Morgan fingerprint density at radius 2 is 1.69 bits per heavy atom. The molecule has 0 radical (unpaired) electrons. The van der Waals surface area contributed by atoms with Gasteiger partial charge in [-0.15, -0.1) is 0 Å². The van der Waals surface area contributed by atoms with Crippen LogP contribution < -0.4 is 5.56 Å². The summed E-state index contributed by atoms with van der Waals surface area (Å²) in [6.45, 7) is 7.83. The van der Waals surface area contributed by atoms with E-state index in [1.807, 2.05) is 0 Å². The monoisotopic (exact) mass is 367 g/mol. The van der Waals surface area contributed by atoms with Crippen LogP contribution in [0.4, 0.5) is 0 Å². The molecule has 144 valence electrons. The molecule has 0 saturated heterocycles. The standard InChI is InChI=1S/C18H25NO7/c1-6-25-17(23)10(3)8-13(18(24)26-7-2)19-11(4)9-14(21)15(12(5)20)16(19)22/h9-10,13,21H,6-8H2,1-5H3/t10-,13-/m0/s1. The Balaban J connectivity index is 3.47. The van der Waals surface area contributed by atoms with Crippen molar-refractivity contribution in [3.05, 3.63) is 27.7 Å². The molecule has 1 heterocycles. The van der Waals surface area contributed by atoms with Crippen LogP contribution >= 0.6 is 0 Å². The smallest absolute Gasteiger partial charge is 0.329 e. The van der Waals surface area contributed by atoms with Crippen molar-refractivity contribution in [1.82, 2.24) is 4.57 Å². The quantitative estimate of drug-likeness (QED) is 0.550. The summed E-state index contributed by atoms with van der Waals surface area (Å²) >= 11 is 0. The number of aromatic nitrogens is 1. The van der Waals surface area contributed by atoms with E-state index in [4.69, 9.17) is 9.47 Å². The Bertz CT molecular complexity index is 751. The number of aryl methyl sites for hydroxylation is 1. The van der Waals surface area contributed by atoms with Gasteiger partial charge in [0.15, 0.2) is 5.78 Å². The minimum Gasteiger partial charge on any atom is -0.507 e. The molecule has 2 atom stereocenters. The van der Waals surface area contributed by atoms with Gasteiger partial charge in [0.1, 0.15) is 17.4 Å². The number of nitrogens with zero attached hydrogens (tertiary/aromatic N) is 1. The van der Waals surface area contributed by atoms with E-state index in [-0.39, 0.29) is 25.3 Å². The van der Waals surface area contributed by atoms with Crippen LogP contribution in [-0.4, -0.2) is 40.6 Å². The Kier molecular flexibility index (Phi) is 7.55. The third kappa shape index (κ3) is 4.71. The molecule has 1 rings (SSSR count). The van der Waals surface area contributed by atoms with Crippen molar-refractivity contribution in [2.75, 3.05) is 13.2 Å². The molecule has 0 aromatic carbocycles. The van der Waals surface area contributed by atoms with E-state index in [9.17, 15) is 24.3 Å². The fourth-order valence-corrected chi connectivity index (χ4v) is 2.71. The zero-order valence-electron chi connectivity index (χ0n) is 15.7. The highest BCUT2D eigenvalue weighted by Crippen LogP contribution is 2.24. The summed E-state index contributed by atoms with van der Waals surface area (Å²) in [6, 6.07) is 0.111. The average Bonchev–Trinajstić information content (AvgIpc) is 2.53. The number of hydrogen-bond donors (Lipinski definition) is 1. The van der Waals surface area contributed by atoms with E-state index < -0.39 is 46.6 Å². The van der Waals surface area contributed by atoms with Gasteiger partial charge in [-0.3, -0.25) is 19.0 Å². The number of aromatic hydroxyl groups is 1. The highest BCUT2D eigenvalue weighted by atomic mass is 16.5. The summed E-state index contributed by atoms with van der Waals surface area (Å²) in [7, 11) is 0. The van der Waals surface area contributed by atoms with Crippen LogP contribution in [0, 0.1) is 12.8 Å². The third-order valence-electron chi connectivity index (χ3n) is 3.90. The van der Waals surface area contributed by atoms with Crippen molar-refractivity contribution in [3.63, 3.8) is 0 Å². The van der Waals surface area contributed by atoms with E-state index in [0.29, 0.717) is 0 Å². The molecular formula is C18H25NO7. The molecule has 1 N–H and O–H groups in total. The van der Waals surface area contributed by atoms with Gasteiger partial charge in [0.05, 0.1) is 19.1 Å². The van der Waals surface area contributed by atoms with Gasteiger partial charge in [-0.2, -0.15) is 0 Å². The first-order chi connectivity index (χ1) is 12.1. The van der Waals surface area contributed by atoms with Crippen LogP contribution in [0.25, 0.3) is 0 Å². The van der Waals surface area contributed by atoms with Crippen molar-refractivity contribution in [2.24, 2.45) is 5.92 Å². The molecule has 0 spiro atoms. The molecule has 0 fully saturated rings. The number of hydrogen-bond acceptors (Lipinski definition) is 7. The van der Waals surface area contributed by atoms with Crippen LogP contribution in [-0.2, 0) is 19.1 Å². The number of pyridine rings is 1. The molecular weight excluding hydrogens is 342 g/mol. The number of Topliss-reactive ketones (excluding diaryl/α,β-unsaturated/α-hetero) is 1. The fourth-order valence-electron chi connectivity index (χ4n) is 2.71. The summed E-state index contributed by atoms with van der Waals surface area (Å²) in [5.41, 5.74) is -0.940. The second-order valence-electron chi connectivity index (χ2n) is 5.93. The number of carbonyl (C=O) groups is 3. The number of ketones is 1. The van der Waals surface area contributed by atoms with Crippen molar-refractivity contribution in [3.8, 4) is 5.75 Å². The minimum atomic E-state index is -1.12. The number of ether oxygens (including phenoxy) is 2. The maximum absolute atomic E-state index is 12.7. The normalized spacial score (nSPS) is 13.0. The lowest BCUT2D eigenvalue weighted by molar-refractivity contribution is -0.151. The van der Waals surface area contributed by atoms with Gasteiger partial charge in [0.25, 0.3) is 5.56 Å². The lowest BCUT2D eigenvalue weighted by Crippen LogP contribution is -2.37. The van der Waals surface area contributed by atoms with Crippen molar-refractivity contribution >= 4 is 17.7 Å². The minimum absolute atomic E-state index is 0.0411. The molecule has 0 amide bonds. The summed E-state index contributed by atoms with van der Waals surface area (Å²) in [6.07, 6.45) is -0.0411. The molecule has 1 aromatic heterocycles. The van der Waals surface area contributed by atoms with E-state index in [1.54, 1.807) is 20.8 Å². The van der Waals surface area contributed by atoms with Crippen LogP contribution in [0.2, 0.25) is 0 Å². The van der Waals surface area contributed by atoms with Gasteiger partial charge in [0.2, 0.25) is 0 Å². The predicted octanol–water partition coefficient (Wildman–Crippen LogP) is 1.76. The van der Waals surface area contributed by atoms with Crippen LogP contribution in [0.1, 0.15) is 56.2 Å². The van der Waals surface area contributed by atoms with Crippen LogP contribution in [0.15, 0.2) is 10.9 Å². The molecule has 8 nitrogen and oxygen atoms in total. The van der Waals surface area contributed by atoms with E-state index >= 15 is 0 Å². The van der Waals surface area contributed by atoms with E-state index in [2.05, 4.69) is 0 Å². The molecule has 0 saturated carbocycles. The van der Waals surface area contributed by atoms with Gasteiger partial charge >= 0.3 is 11.9 Å². The van der Waals surface area contributed by atoms with Crippen LogP contribution in [0.3, 0.4) is 0 Å². The first kappa shape index (κ1) is 21.4. The number of esters is 2. The fraction of sp³-hybridized carbons (Fsp3) is 0.556. The molecule has 0 aliphatic rings. The van der Waals surface area contributed by atoms with Crippen molar-refractivity contribution in [2.45, 2.75) is 47.1 Å². The first-order valence-corrected chi connectivity index (χ1v) is 8.44. The summed E-state index contributed by atoms with van der Waals surface area (Å²) in [4.78, 5) is 48.8. The number of carbonyl (C=O) groups excluding carboxylic acids is 3. The second kappa shape index (κ2) is 9.17. The molecule has 0 bridgehead atoms. The highest BCUT2D eigenvalue weighted by Gasteiger charge is 2.31. The van der Waals surface area contributed by atoms with E-state index in [0.717, 1.165) is 11.5 Å². The zero-order chi connectivity index (χ0) is 20.0. The third-order valence-corrected chi connectivity index (χ3v) is 3.90. The van der Waals surface area contributed by atoms with Crippen molar-refractivity contribution in [1.29, 1.82) is 0 Å². The lowest BCUT2D eigenvalue weighted by Gasteiger charge is -2.23. The summed E-state index contributed by atoms with van der Waals surface area (Å²) in [5.74, 6) is -2.95. The molecule has 1 aromatic rings. The number of rotatable bonds is 8. The molecule has 0 aliphatic heterocycles. The molecule has 26 heavy (non-hydrogen) atoms. The van der Waals surface area contributed by atoms with Gasteiger partial charge < -0.3 is 14.6 Å². The second-order valence-corrected chi connectivity index (χ2v) is 5.93. The average molecular weight is 367 g/mol. The Morgan fingerprint density at radius 3 is 2.19 bits per heavy atom. The highest BCUT2D eigenvalue weighted by molar-refractivity contribution is 5.96. The maximum Gasteiger partial charge on any atom is 0.329 e. The van der Waals surface area contributed by atoms with E-state index in [1.165, 1.54) is 13.0 Å². The summed E-state index contributed by atoms with van der Waals surface area (Å²) in [5, 5.41) is 9.91. The topological polar surface area (TPSA) is 112 Å². The Hall–Kier alpha value is -2.64. The molecule has 0 unspecified atom stereocenters. The van der Waals surface area contributed by atoms with Crippen molar-refractivity contribution < 1.29 is 29.0 Å². The van der Waals surface area contributed by atoms with Gasteiger partial charge in [0, 0.05) is 11.8 Å². The maximum atomic E-state index is 12.7. The van der Waals surface area contributed by atoms with Gasteiger partial charge in [-0.05, 0) is 34.1 Å². The predicted molar refractivity (Wildman–Crippen MR) is 93.2 cm³/mol.